The number of carbonyl (C=O) groups excluding carboxylic acids is 1. The SMILES string of the molecule is O=C(Nc1ccc2nc(C3CC3)oc2c1)NC1CCC(O)CC1. The summed E-state index contributed by atoms with van der Waals surface area (Å²) in [7, 11) is 0. The van der Waals surface area contributed by atoms with E-state index in [9.17, 15) is 9.90 Å². The molecule has 122 valence electrons. The largest absolute Gasteiger partial charge is 0.440 e. The van der Waals surface area contributed by atoms with Gasteiger partial charge in [0.1, 0.15) is 5.52 Å². The van der Waals surface area contributed by atoms with Gasteiger partial charge in [-0.15, -0.1) is 0 Å². The van der Waals surface area contributed by atoms with E-state index >= 15 is 0 Å². The second-order valence-electron chi connectivity index (χ2n) is 6.61. The molecule has 0 radical (unpaired) electrons. The van der Waals surface area contributed by atoms with Gasteiger partial charge >= 0.3 is 6.03 Å². The van der Waals surface area contributed by atoms with E-state index in [1.165, 1.54) is 0 Å². The van der Waals surface area contributed by atoms with Gasteiger partial charge in [0, 0.05) is 23.7 Å². The fourth-order valence-corrected chi connectivity index (χ4v) is 3.10. The number of fused-ring (bicyclic) bond motifs is 1. The number of aliphatic hydroxyl groups is 1. The monoisotopic (exact) mass is 315 g/mol. The van der Waals surface area contributed by atoms with Crippen molar-refractivity contribution in [1.29, 1.82) is 0 Å². The summed E-state index contributed by atoms with van der Waals surface area (Å²) in [6.45, 7) is 0. The highest BCUT2D eigenvalue weighted by Crippen LogP contribution is 2.40. The third-order valence-electron chi connectivity index (χ3n) is 4.62. The minimum atomic E-state index is -0.217. The lowest BCUT2D eigenvalue weighted by Gasteiger charge is -2.26. The molecule has 2 aliphatic rings. The average molecular weight is 315 g/mol. The molecule has 0 unspecified atom stereocenters. The molecule has 6 heteroatoms. The van der Waals surface area contributed by atoms with Gasteiger partial charge in [-0.05, 0) is 50.7 Å². The molecule has 2 saturated carbocycles. The summed E-state index contributed by atoms with van der Waals surface area (Å²) in [6.07, 6.45) is 5.22. The van der Waals surface area contributed by atoms with Gasteiger partial charge in [-0.2, -0.15) is 0 Å². The maximum atomic E-state index is 12.1. The van der Waals surface area contributed by atoms with E-state index in [2.05, 4.69) is 15.6 Å². The van der Waals surface area contributed by atoms with Gasteiger partial charge in [0.2, 0.25) is 0 Å². The lowest BCUT2D eigenvalue weighted by molar-refractivity contribution is 0.118. The maximum absolute atomic E-state index is 12.1. The van der Waals surface area contributed by atoms with Crippen LogP contribution in [0.5, 0.6) is 0 Å². The molecule has 1 heterocycles. The Hall–Kier alpha value is -2.08. The number of oxazole rings is 1. The molecule has 0 aliphatic heterocycles. The van der Waals surface area contributed by atoms with E-state index < -0.39 is 0 Å². The highest BCUT2D eigenvalue weighted by atomic mass is 16.3. The fourth-order valence-electron chi connectivity index (χ4n) is 3.10. The average Bonchev–Trinajstić information content (AvgIpc) is 3.29. The van der Waals surface area contributed by atoms with Gasteiger partial charge in [0.25, 0.3) is 0 Å². The van der Waals surface area contributed by atoms with Crippen LogP contribution >= 0.6 is 0 Å². The number of hydrogen-bond donors (Lipinski definition) is 3. The fraction of sp³-hybridized carbons (Fsp3) is 0.529. The molecule has 1 aromatic heterocycles. The number of amides is 2. The first-order chi connectivity index (χ1) is 11.2. The highest BCUT2D eigenvalue weighted by Gasteiger charge is 2.29. The van der Waals surface area contributed by atoms with Crippen molar-refractivity contribution in [2.24, 2.45) is 0 Å². The predicted octanol–water partition coefficient (Wildman–Crippen LogP) is 3.13. The molecule has 0 bridgehead atoms. The van der Waals surface area contributed by atoms with Gasteiger partial charge in [0.05, 0.1) is 6.10 Å². The Morgan fingerprint density at radius 2 is 1.96 bits per heavy atom. The van der Waals surface area contributed by atoms with Crippen molar-refractivity contribution in [2.75, 3.05) is 5.32 Å². The molecule has 3 N–H and O–H groups in total. The first kappa shape index (κ1) is 14.5. The van der Waals surface area contributed by atoms with Crippen LogP contribution in [-0.2, 0) is 0 Å². The smallest absolute Gasteiger partial charge is 0.319 e. The van der Waals surface area contributed by atoms with Gasteiger partial charge in [0.15, 0.2) is 11.5 Å². The zero-order valence-electron chi connectivity index (χ0n) is 12.9. The third kappa shape index (κ3) is 3.32. The number of benzene rings is 1. The molecular formula is C17H21N3O3. The quantitative estimate of drug-likeness (QED) is 0.812. The third-order valence-corrected chi connectivity index (χ3v) is 4.62. The Balaban J connectivity index is 1.39. The van der Waals surface area contributed by atoms with Crippen LogP contribution in [0.25, 0.3) is 11.1 Å². The van der Waals surface area contributed by atoms with Crippen molar-refractivity contribution in [3.05, 3.63) is 24.1 Å². The number of hydrogen-bond acceptors (Lipinski definition) is 4. The number of anilines is 1. The second-order valence-corrected chi connectivity index (χ2v) is 6.61. The number of aliphatic hydroxyl groups excluding tert-OH is 1. The van der Waals surface area contributed by atoms with Crippen molar-refractivity contribution in [3.63, 3.8) is 0 Å². The van der Waals surface area contributed by atoms with E-state index in [-0.39, 0.29) is 18.2 Å². The van der Waals surface area contributed by atoms with Crippen LogP contribution in [0.4, 0.5) is 10.5 Å². The van der Waals surface area contributed by atoms with Crippen molar-refractivity contribution >= 4 is 22.8 Å². The van der Waals surface area contributed by atoms with Crippen molar-refractivity contribution < 1.29 is 14.3 Å². The summed E-state index contributed by atoms with van der Waals surface area (Å²) in [5, 5.41) is 15.3. The Labute approximate surface area is 134 Å². The lowest BCUT2D eigenvalue weighted by Crippen LogP contribution is -2.40. The number of nitrogens with zero attached hydrogens (tertiary/aromatic N) is 1. The summed E-state index contributed by atoms with van der Waals surface area (Å²) in [5.74, 6) is 1.28. The normalized spacial score (nSPS) is 24.6. The summed E-state index contributed by atoms with van der Waals surface area (Å²) in [4.78, 5) is 16.6. The highest BCUT2D eigenvalue weighted by molar-refractivity contribution is 5.91. The molecule has 0 saturated heterocycles. The molecule has 4 rings (SSSR count). The Morgan fingerprint density at radius 1 is 1.17 bits per heavy atom. The van der Waals surface area contributed by atoms with Gasteiger partial charge in [-0.25, -0.2) is 9.78 Å². The van der Waals surface area contributed by atoms with Crippen molar-refractivity contribution in [2.45, 2.75) is 56.6 Å². The maximum Gasteiger partial charge on any atom is 0.319 e. The van der Waals surface area contributed by atoms with Crippen molar-refractivity contribution in [1.82, 2.24) is 10.3 Å². The van der Waals surface area contributed by atoms with Crippen LogP contribution < -0.4 is 10.6 Å². The molecule has 23 heavy (non-hydrogen) atoms. The zero-order chi connectivity index (χ0) is 15.8. The van der Waals surface area contributed by atoms with Crippen LogP contribution in [0, 0.1) is 0 Å². The van der Waals surface area contributed by atoms with E-state index in [1.54, 1.807) is 0 Å². The Bertz CT molecular complexity index is 715. The molecule has 6 nitrogen and oxygen atoms in total. The number of rotatable bonds is 3. The van der Waals surface area contributed by atoms with Crippen LogP contribution in [-0.4, -0.2) is 28.3 Å². The van der Waals surface area contributed by atoms with E-state index in [0.29, 0.717) is 17.2 Å². The second kappa shape index (κ2) is 5.85. The van der Waals surface area contributed by atoms with Gasteiger partial charge < -0.3 is 20.2 Å². The van der Waals surface area contributed by atoms with Crippen molar-refractivity contribution in [3.8, 4) is 0 Å². The Morgan fingerprint density at radius 3 is 2.70 bits per heavy atom. The van der Waals surface area contributed by atoms with E-state index in [4.69, 9.17) is 4.42 Å². The number of nitrogens with one attached hydrogen (secondary N) is 2. The summed E-state index contributed by atoms with van der Waals surface area (Å²) >= 11 is 0. The van der Waals surface area contributed by atoms with Gasteiger partial charge in [-0.3, -0.25) is 0 Å². The van der Waals surface area contributed by atoms with Crippen LogP contribution in [0.2, 0.25) is 0 Å². The summed E-state index contributed by atoms with van der Waals surface area (Å²) in [6, 6.07) is 5.45. The first-order valence-electron chi connectivity index (χ1n) is 8.33. The molecule has 2 amide bonds. The molecular weight excluding hydrogens is 294 g/mol. The standard InChI is InChI=1S/C17H21N3O3/c21-13-6-3-11(4-7-13)18-17(22)19-12-5-8-14-15(9-12)23-16(20-14)10-1-2-10/h5,8-11,13,21H,1-4,6-7H2,(H2,18,19,22). The van der Waals surface area contributed by atoms with Crippen LogP contribution in [0.3, 0.4) is 0 Å². The topological polar surface area (TPSA) is 87.4 Å². The molecule has 2 aromatic rings. The summed E-state index contributed by atoms with van der Waals surface area (Å²) < 4.78 is 5.77. The number of urea groups is 1. The molecule has 2 aliphatic carbocycles. The summed E-state index contributed by atoms with van der Waals surface area (Å²) in [5.41, 5.74) is 2.24. The number of carbonyl (C=O) groups is 1. The minimum absolute atomic E-state index is 0.133. The molecule has 0 spiro atoms. The molecule has 2 fully saturated rings. The number of aromatic nitrogens is 1. The van der Waals surface area contributed by atoms with E-state index in [1.807, 2.05) is 18.2 Å². The predicted molar refractivity (Wildman–Crippen MR) is 86.4 cm³/mol. The van der Waals surface area contributed by atoms with E-state index in [0.717, 1.165) is 49.9 Å². The lowest BCUT2D eigenvalue weighted by atomic mass is 9.93. The minimum Gasteiger partial charge on any atom is -0.440 e. The first-order valence-corrected chi connectivity index (χ1v) is 8.33. The van der Waals surface area contributed by atoms with Crippen LogP contribution in [0.15, 0.2) is 22.6 Å². The zero-order valence-corrected chi connectivity index (χ0v) is 12.9. The Kier molecular flexibility index (Phi) is 3.69. The molecule has 0 atom stereocenters. The van der Waals surface area contributed by atoms with Crippen LogP contribution in [0.1, 0.15) is 50.3 Å². The molecule has 1 aromatic carbocycles. The van der Waals surface area contributed by atoms with Gasteiger partial charge in [-0.1, -0.05) is 0 Å².